The number of carbonyl (C=O) groups excluding carboxylic acids is 1. The van der Waals surface area contributed by atoms with Gasteiger partial charge in [0, 0.05) is 26.1 Å². The molecule has 0 aliphatic rings. The molecule has 2 aromatic rings. The average molecular weight is 236 g/mol. The Morgan fingerprint density at radius 2 is 2.44 bits per heavy atom. The summed E-state index contributed by atoms with van der Waals surface area (Å²) < 4.78 is 5.00. The molecule has 4 nitrogen and oxygen atoms in total. The lowest BCUT2D eigenvalue weighted by Crippen LogP contribution is -2.15. The molecule has 0 unspecified atom stereocenters. The van der Waals surface area contributed by atoms with Crippen LogP contribution in [-0.4, -0.2) is 17.8 Å². The second kappa shape index (κ2) is 4.49. The van der Waals surface area contributed by atoms with Crippen LogP contribution in [0.1, 0.15) is 22.2 Å². The fraction of sp³-hybridized carbons (Fsp3) is 0.273. The Labute approximate surface area is 97.5 Å². The molecule has 0 spiro atoms. The van der Waals surface area contributed by atoms with Gasteiger partial charge in [-0.05, 0) is 6.07 Å². The van der Waals surface area contributed by atoms with Crippen molar-refractivity contribution in [2.45, 2.75) is 13.5 Å². The highest BCUT2D eigenvalue weighted by molar-refractivity contribution is 7.17. The Bertz CT molecular complexity index is 476. The van der Waals surface area contributed by atoms with E-state index in [2.05, 4.69) is 4.98 Å². The van der Waals surface area contributed by atoms with E-state index >= 15 is 0 Å². The monoisotopic (exact) mass is 236 g/mol. The van der Waals surface area contributed by atoms with Crippen LogP contribution in [0.15, 0.2) is 29.2 Å². The Balaban J connectivity index is 2.08. The van der Waals surface area contributed by atoms with Crippen molar-refractivity contribution in [2.24, 2.45) is 0 Å². The molecule has 0 amide bonds. The maximum absolute atomic E-state index is 11.1. The number of rotatable bonds is 4. The van der Waals surface area contributed by atoms with E-state index in [0.717, 1.165) is 17.2 Å². The summed E-state index contributed by atoms with van der Waals surface area (Å²) in [5.74, 6) is 0.0560. The molecule has 0 saturated carbocycles. The molecule has 0 aromatic carbocycles. The molecule has 0 fully saturated rings. The van der Waals surface area contributed by atoms with Gasteiger partial charge in [0.1, 0.15) is 0 Å². The number of hydrogen-bond acceptors (Lipinski definition) is 5. The molecular weight excluding hydrogens is 224 g/mol. The van der Waals surface area contributed by atoms with E-state index < -0.39 is 0 Å². The minimum absolute atomic E-state index is 0.0560. The van der Waals surface area contributed by atoms with Crippen molar-refractivity contribution >= 4 is 22.3 Å². The van der Waals surface area contributed by atoms with Crippen LogP contribution in [0.2, 0.25) is 0 Å². The fourth-order valence-electron chi connectivity index (χ4n) is 1.33. The van der Waals surface area contributed by atoms with Crippen molar-refractivity contribution in [1.82, 2.24) is 4.98 Å². The van der Waals surface area contributed by atoms with Crippen molar-refractivity contribution in [3.05, 3.63) is 35.2 Å². The number of nitrogens with zero attached hydrogens (tertiary/aromatic N) is 2. The summed E-state index contributed by atoms with van der Waals surface area (Å²) in [6.07, 6.45) is 4.97. The van der Waals surface area contributed by atoms with Crippen molar-refractivity contribution < 1.29 is 9.21 Å². The second-order valence-electron chi connectivity index (χ2n) is 3.55. The lowest BCUT2D eigenvalue weighted by molar-refractivity contribution is 0.102. The third-order valence-corrected chi connectivity index (χ3v) is 3.38. The van der Waals surface area contributed by atoms with Crippen molar-refractivity contribution in [3.63, 3.8) is 0 Å². The SMILES string of the molecule is CC(=O)c1cnc(N(C)Cc2ccoc2)s1. The van der Waals surface area contributed by atoms with Crippen molar-refractivity contribution in [1.29, 1.82) is 0 Å². The number of aromatic nitrogens is 1. The van der Waals surface area contributed by atoms with E-state index in [1.807, 2.05) is 18.0 Å². The first-order chi connectivity index (χ1) is 7.66. The molecule has 0 bridgehead atoms. The predicted octanol–water partition coefficient (Wildman–Crippen LogP) is 2.58. The zero-order valence-electron chi connectivity index (χ0n) is 9.14. The summed E-state index contributed by atoms with van der Waals surface area (Å²) in [5.41, 5.74) is 1.09. The van der Waals surface area contributed by atoms with E-state index in [4.69, 9.17) is 4.42 Å². The number of furan rings is 1. The first kappa shape index (κ1) is 10.9. The van der Waals surface area contributed by atoms with Crippen LogP contribution >= 0.6 is 11.3 Å². The van der Waals surface area contributed by atoms with Crippen LogP contribution in [0.3, 0.4) is 0 Å². The lowest BCUT2D eigenvalue weighted by atomic mass is 10.3. The number of Topliss-reactive ketones (excluding diaryl/α,β-unsaturated/α-hetero) is 1. The van der Waals surface area contributed by atoms with Crippen LogP contribution in [0, 0.1) is 0 Å². The highest BCUT2D eigenvalue weighted by atomic mass is 32.1. The standard InChI is InChI=1S/C11H12N2O2S/c1-8(14)10-5-12-11(16-10)13(2)6-9-3-4-15-7-9/h3-5,7H,6H2,1-2H3. The number of thiazole rings is 1. The molecule has 84 valence electrons. The number of ketones is 1. The van der Waals surface area contributed by atoms with Gasteiger partial charge in [-0.15, -0.1) is 0 Å². The quantitative estimate of drug-likeness (QED) is 0.765. The molecule has 0 N–H and O–H groups in total. The van der Waals surface area contributed by atoms with Gasteiger partial charge in [-0.1, -0.05) is 11.3 Å². The van der Waals surface area contributed by atoms with Crippen LogP contribution < -0.4 is 4.90 Å². The zero-order chi connectivity index (χ0) is 11.5. The Kier molecular flexibility index (Phi) is 3.05. The normalized spacial score (nSPS) is 10.4. The Morgan fingerprint density at radius 3 is 3.00 bits per heavy atom. The van der Waals surface area contributed by atoms with E-state index in [9.17, 15) is 4.79 Å². The van der Waals surface area contributed by atoms with E-state index in [-0.39, 0.29) is 5.78 Å². The maximum Gasteiger partial charge on any atom is 0.185 e. The van der Waals surface area contributed by atoms with Gasteiger partial charge in [-0.3, -0.25) is 4.79 Å². The maximum atomic E-state index is 11.1. The first-order valence-electron chi connectivity index (χ1n) is 4.86. The summed E-state index contributed by atoms with van der Waals surface area (Å²) in [6, 6.07) is 1.91. The van der Waals surface area contributed by atoms with Gasteiger partial charge < -0.3 is 9.32 Å². The largest absolute Gasteiger partial charge is 0.472 e. The van der Waals surface area contributed by atoms with Crippen LogP contribution in [0.5, 0.6) is 0 Å². The Hall–Kier alpha value is -1.62. The van der Waals surface area contributed by atoms with Gasteiger partial charge >= 0.3 is 0 Å². The van der Waals surface area contributed by atoms with Gasteiger partial charge in [0.05, 0.1) is 23.6 Å². The van der Waals surface area contributed by atoms with Gasteiger partial charge in [0.25, 0.3) is 0 Å². The third-order valence-electron chi connectivity index (χ3n) is 2.17. The molecule has 2 rings (SSSR count). The minimum Gasteiger partial charge on any atom is -0.472 e. The van der Waals surface area contributed by atoms with Crippen LogP contribution in [0.4, 0.5) is 5.13 Å². The fourth-order valence-corrected chi connectivity index (χ4v) is 2.10. The predicted molar refractivity (Wildman–Crippen MR) is 62.9 cm³/mol. The molecule has 5 heteroatoms. The van der Waals surface area contributed by atoms with Crippen LogP contribution in [0.25, 0.3) is 0 Å². The molecule has 16 heavy (non-hydrogen) atoms. The molecule has 0 aliphatic heterocycles. The number of hydrogen-bond donors (Lipinski definition) is 0. The Morgan fingerprint density at radius 1 is 1.62 bits per heavy atom. The number of anilines is 1. The van der Waals surface area contributed by atoms with E-state index in [0.29, 0.717) is 4.88 Å². The average Bonchev–Trinajstić information content (AvgIpc) is 2.86. The number of carbonyl (C=O) groups is 1. The summed E-state index contributed by atoms with van der Waals surface area (Å²) in [7, 11) is 1.94. The molecule has 2 aromatic heterocycles. The summed E-state index contributed by atoms with van der Waals surface area (Å²) in [6.45, 7) is 2.27. The smallest absolute Gasteiger partial charge is 0.185 e. The van der Waals surface area contributed by atoms with Gasteiger partial charge in [0.2, 0.25) is 0 Å². The molecular formula is C11H12N2O2S. The summed E-state index contributed by atoms with van der Waals surface area (Å²) >= 11 is 1.41. The van der Waals surface area contributed by atoms with Crippen molar-refractivity contribution in [3.8, 4) is 0 Å². The molecule has 0 radical (unpaired) electrons. The topological polar surface area (TPSA) is 46.3 Å². The highest BCUT2D eigenvalue weighted by Gasteiger charge is 2.10. The van der Waals surface area contributed by atoms with Gasteiger partial charge in [-0.25, -0.2) is 4.98 Å². The van der Waals surface area contributed by atoms with E-state index in [1.165, 1.54) is 11.3 Å². The lowest BCUT2D eigenvalue weighted by Gasteiger charge is -2.13. The van der Waals surface area contributed by atoms with Gasteiger partial charge in [-0.2, -0.15) is 0 Å². The highest BCUT2D eigenvalue weighted by Crippen LogP contribution is 2.23. The first-order valence-corrected chi connectivity index (χ1v) is 5.67. The molecule has 0 saturated heterocycles. The molecule has 0 atom stereocenters. The molecule has 2 heterocycles. The molecule has 0 aliphatic carbocycles. The van der Waals surface area contributed by atoms with Gasteiger partial charge in [0.15, 0.2) is 10.9 Å². The zero-order valence-corrected chi connectivity index (χ0v) is 9.95. The van der Waals surface area contributed by atoms with Crippen LogP contribution in [-0.2, 0) is 6.54 Å². The summed E-state index contributed by atoms with van der Waals surface area (Å²) in [5, 5.41) is 0.839. The van der Waals surface area contributed by atoms with Crippen molar-refractivity contribution in [2.75, 3.05) is 11.9 Å². The van der Waals surface area contributed by atoms with E-state index in [1.54, 1.807) is 25.6 Å². The minimum atomic E-state index is 0.0560. The summed E-state index contributed by atoms with van der Waals surface area (Å²) in [4.78, 5) is 18.0. The third kappa shape index (κ3) is 2.30. The second-order valence-corrected chi connectivity index (χ2v) is 4.56.